The topological polar surface area (TPSA) is 20.3 Å². The molecule has 0 spiro atoms. The van der Waals surface area contributed by atoms with E-state index in [0.717, 1.165) is 12.1 Å². The van der Waals surface area contributed by atoms with E-state index in [9.17, 15) is 4.79 Å². The van der Waals surface area contributed by atoms with Gasteiger partial charge in [0.05, 0.1) is 0 Å². The van der Waals surface area contributed by atoms with E-state index in [1.165, 1.54) is 0 Å². The minimum absolute atomic E-state index is 0. The van der Waals surface area contributed by atoms with E-state index in [1.807, 2.05) is 55.4 Å². The normalized spacial score (nSPS) is 10.4. The number of allylic oxidation sites excluding steroid dienone is 1. The maximum Gasteiger partial charge on any atom is 0.156 e. The predicted octanol–water partition coefficient (Wildman–Crippen LogP) is 2.64. The van der Waals surface area contributed by atoms with Crippen LogP contribution in [0.1, 0.15) is 12.0 Å². The molecule has 0 aliphatic carbocycles. The number of ketones is 1. The third-order valence-corrected chi connectivity index (χ3v) is 2.07. The van der Waals surface area contributed by atoms with Gasteiger partial charge in [0.25, 0.3) is 0 Å². The maximum absolute atomic E-state index is 11.4. The van der Waals surface area contributed by atoms with Crippen molar-refractivity contribution in [3.8, 4) is 0 Å². The van der Waals surface area contributed by atoms with Gasteiger partial charge in [0, 0.05) is 13.0 Å². The van der Waals surface area contributed by atoms with E-state index < -0.39 is 0 Å². The van der Waals surface area contributed by atoms with Gasteiger partial charge in [-0.25, -0.2) is 0 Å². The summed E-state index contributed by atoms with van der Waals surface area (Å²) in [5.74, 6) is 0.174. The molecule has 0 saturated heterocycles. The van der Waals surface area contributed by atoms with E-state index in [-0.39, 0.29) is 18.2 Å². The zero-order valence-corrected chi connectivity index (χ0v) is 10.5. The molecule has 1 aromatic carbocycles. The fourth-order valence-electron chi connectivity index (χ4n) is 1.17. The first-order valence-corrected chi connectivity index (χ1v) is 5.09. The molecule has 0 atom stereocenters. The highest BCUT2D eigenvalue weighted by molar-refractivity contribution is 5.93. The van der Waals surface area contributed by atoms with Crippen LogP contribution in [0.15, 0.2) is 36.4 Å². The van der Waals surface area contributed by atoms with Gasteiger partial charge in [-0.2, -0.15) is 0 Å². The number of carbonyl (C=O) groups is 1. The molecule has 0 unspecified atom stereocenters. The molecule has 16 heavy (non-hydrogen) atoms. The van der Waals surface area contributed by atoms with Crippen LogP contribution in [0.5, 0.6) is 0 Å². The van der Waals surface area contributed by atoms with Crippen LogP contribution in [-0.4, -0.2) is 31.3 Å². The number of benzene rings is 1. The van der Waals surface area contributed by atoms with Gasteiger partial charge in [-0.1, -0.05) is 36.4 Å². The summed E-state index contributed by atoms with van der Waals surface area (Å²) in [7, 11) is 3.93. The lowest BCUT2D eigenvalue weighted by Gasteiger charge is -2.06. The van der Waals surface area contributed by atoms with Crippen molar-refractivity contribution < 1.29 is 4.79 Å². The van der Waals surface area contributed by atoms with Gasteiger partial charge in [-0.15, -0.1) is 12.4 Å². The first kappa shape index (κ1) is 14.9. The van der Waals surface area contributed by atoms with E-state index in [1.54, 1.807) is 6.08 Å². The second-order valence-electron chi connectivity index (χ2n) is 3.76. The molecular formula is C13H18ClNO. The van der Waals surface area contributed by atoms with Crippen LogP contribution >= 0.6 is 12.4 Å². The minimum Gasteiger partial charge on any atom is -0.309 e. The van der Waals surface area contributed by atoms with Crippen LogP contribution in [0.3, 0.4) is 0 Å². The summed E-state index contributed by atoms with van der Waals surface area (Å²) in [4.78, 5) is 13.4. The molecule has 2 nitrogen and oxygen atoms in total. The molecule has 0 heterocycles. The first-order chi connectivity index (χ1) is 7.18. The molecule has 88 valence electrons. The Morgan fingerprint density at radius 3 is 2.44 bits per heavy atom. The Kier molecular flexibility index (Phi) is 7.52. The molecule has 0 bridgehead atoms. The van der Waals surface area contributed by atoms with Crippen LogP contribution < -0.4 is 0 Å². The third-order valence-electron chi connectivity index (χ3n) is 2.07. The Hall–Kier alpha value is -1.12. The molecule has 0 amide bonds. The van der Waals surface area contributed by atoms with Crippen molar-refractivity contribution in [1.82, 2.24) is 4.90 Å². The highest BCUT2D eigenvalue weighted by Gasteiger charge is 1.97. The minimum atomic E-state index is 0. The lowest BCUT2D eigenvalue weighted by atomic mass is 10.2. The number of hydrogen-bond donors (Lipinski definition) is 0. The Morgan fingerprint density at radius 2 is 1.88 bits per heavy atom. The summed E-state index contributed by atoms with van der Waals surface area (Å²) >= 11 is 0. The van der Waals surface area contributed by atoms with Gasteiger partial charge in [-0.05, 0) is 25.7 Å². The summed E-state index contributed by atoms with van der Waals surface area (Å²) in [6.07, 6.45) is 4.09. The Bertz CT molecular complexity index is 333. The zero-order valence-electron chi connectivity index (χ0n) is 9.72. The molecular weight excluding hydrogens is 222 g/mol. The number of halogens is 1. The second kappa shape index (κ2) is 8.08. The average molecular weight is 240 g/mol. The number of nitrogens with zero attached hydrogens (tertiary/aromatic N) is 1. The summed E-state index contributed by atoms with van der Waals surface area (Å²) in [5, 5.41) is 0. The van der Waals surface area contributed by atoms with E-state index in [2.05, 4.69) is 0 Å². The van der Waals surface area contributed by atoms with Crippen LogP contribution in [0.2, 0.25) is 0 Å². The van der Waals surface area contributed by atoms with Gasteiger partial charge in [-0.3, -0.25) is 4.79 Å². The summed E-state index contributed by atoms with van der Waals surface area (Å²) in [6, 6.07) is 9.85. The second-order valence-corrected chi connectivity index (χ2v) is 3.76. The van der Waals surface area contributed by atoms with Gasteiger partial charge < -0.3 is 4.90 Å². The van der Waals surface area contributed by atoms with E-state index in [4.69, 9.17) is 0 Å². The van der Waals surface area contributed by atoms with Gasteiger partial charge in [0.1, 0.15) is 0 Å². The first-order valence-electron chi connectivity index (χ1n) is 5.09. The predicted molar refractivity (Wildman–Crippen MR) is 70.9 cm³/mol. The Morgan fingerprint density at radius 1 is 1.25 bits per heavy atom. The van der Waals surface area contributed by atoms with Crippen LogP contribution in [0.25, 0.3) is 6.08 Å². The fourth-order valence-corrected chi connectivity index (χ4v) is 1.17. The average Bonchev–Trinajstić information content (AvgIpc) is 2.25. The molecule has 0 aromatic heterocycles. The third kappa shape index (κ3) is 6.38. The highest BCUT2D eigenvalue weighted by Crippen LogP contribution is 2.01. The van der Waals surface area contributed by atoms with E-state index in [0.29, 0.717) is 6.42 Å². The van der Waals surface area contributed by atoms with Gasteiger partial charge in [0.15, 0.2) is 5.78 Å². The molecule has 0 aliphatic rings. The monoisotopic (exact) mass is 239 g/mol. The molecule has 0 saturated carbocycles. The van der Waals surface area contributed by atoms with Crippen molar-refractivity contribution in [3.63, 3.8) is 0 Å². The molecule has 1 rings (SSSR count). The number of carbonyl (C=O) groups excluding carboxylic acids is 1. The Balaban J connectivity index is 0.00000225. The van der Waals surface area contributed by atoms with Gasteiger partial charge >= 0.3 is 0 Å². The van der Waals surface area contributed by atoms with Crippen molar-refractivity contribution >= 4 is 24.3 Å². The largest absolute Gasteiger partial charge is 0.309 e. The van der Waals surface area contributed by atoms with Crippen molar-refractivity contribution in [2.45, 2.75) is 6.42 Å². The summed E-state index contributed by atoms with van der Waals surface area (Å²) in [6.45, 7) is 0.804. The molecule has 0 radical (unpaired) electrons. The molecule has 0 aliphatic heterocycles. The standard InChI is InChI=1S/C13H17NO.ClH/c1-14(2)11-10-13(15)9-8-12-6-4-3-5-7-12;/h3-9H,10-11H2,1-2H3;1H/b9-8-;. The lowest BCUT2D eigenvalue weighted by molar-refractivity contribution is -0.114. The zero-order chi connectivity index (χ0) is 11.1. The van der Waals surface area contributed by atoms with Crippen molar-refractivity contribution in [3.05, 3.63) is 42.0 Å². The molecule has 0 N–H and O–H groups in total. The van der Waals surface area contributed by atoms with E-state index >= 15 is 0 Å². The summed E-state index contributed by atoms with van der Waals surface area (Å²) in [5.41, 5.74) is 1.07. The van der Waals surface area contributed by atoms with Crippen LogP contribution in [-0.2, 0) is 4.79 Å². The number of hydrogen-bond acceptors (Lipinski definition) is 2. The van der Waals surface area contributed by atoms with Crippen molar-refractivity contribution in [2.24, 2.45) is 0 Å². The van der Waals surface area contributed by atoms with Crippen LogP contribution in [0, 0.1) is 0 Å². The molecule has 0 fully saturated rings. The summed E-state index contributed by atoms with van der Waals surface area (Å²) < 4.78 is 0. The van der Waals surface area contributed by atoms with Crippen LogP contribution in [0.4, 0.5) is 0 Å². The van der Waals surface area contributed by atoms with Crippen molar-refractivity contribution in [1.29, 1.82) is 0 Å². The Labute approximate surface area is 103 Å². The fraction of sp³-hybridized carbons (Fsp3) is 0.308. The molecule has 1 aromatic rings. The molecule has 3 heteroatoms. The smallest absolute Gasteiger partial charge is 0.156 e. The lowest BCUT2D eigenvalue weighted by Crippen LogP contribution is -2.15. The van der Waals surface area contributed by atoms with Crippen molar-refractivity contribution in [2.75, 3.05) is 20.6 Å². The quantitative estimate of drug-likeness (QED) is 0.737. The van der Waals surface area contributed by atoms with Gasteiger partial charge in [0.2, 0.25) is 0 Å². The highest BCUT2D eigenvalue weighted by atomic mass is 35.5. The number of rotatable bonds is 5. The SMILES string of the molecule is CN(C)CCC(=O)/C=C\c1ccccc1.Cl. The maximum atomic E-state index is 11.4.